The Bertz CT molecular complexity index is 397. The van der Waals surface area contributed by atoms with E-state index in [1.165, 1.54) is 4.88 Å². The minimum atomic E-state index is -0.735. The highest BCUT2D eigenvalue weighted by molar-refractivity contribution is 7.11. The Morgan fingerprint density at radius 1 is 1.53 bits per heavy atom. The molecule has 1 aromatic rings. The predicted molar refractivity (Wildman–Crippen MR) is 67.5 cm³/mol. The number of hydrogen-bond acceptors (Lipinski definition) is 4. The van der Waals surface area contributed by atoms with Gasteiger partial charge < -0.3 is 10.4 Å². The van der Waals surface area contributed by atoms with Crippen LogP contribution in [0.25, 0.3) is 0 Å². The third-order valence-electron chi connectivity index (χ3n) is 3.27. The molecule has 94 valence electrons. The molecule has 0 bridgehead atoms. The Balaban J connectivity index is 1.96. The molecule has 2 rings (SSSR count). The Kier molecular flexibility index (Phi) is 3.79. The fourth-order valence-electron chi connectivity index (χ4n) is 2.21. The Labute approximate surface area is 105 Å². The molecule has 2 atom stereocenters. The molecule has 2 unspecified atom stereocenters. The summed E-state index contributed by atoms with van der Waals surface area (Å²) in [7, 11) is 0. The van der Waals surface area contributed by atoms with Crippen LogP contribution in [-0.2, 0) is 11.2 Å². The fraction of sp³-hybridized carbons (Fsp3) is 0.667. The summed E-state index contributed by atoms with van der Waals surface area (Å²) in [6.07, 6.45) is 3.62. The maximum atomic E-state index is 10.9. The van der Waals surface area contributed by atoms with Gasteiger partial charge in [-0.15, -0.1) is 11.3 Å². The van der Waals surface area contributed by atoms with Crippen molar-refractivity contribution < 1.29 is 9.90 Å². The van der Waals surface area contributed by atoms with Crippen molar-refractivity contribution >= 4 is 17.3 Å². The van der Waals surface area contributed by atoms with Gasteiger partial charge in [-0.05, 0) is 33.1 Å². The summed E-state index contributed by atoms with van der Waals surface area (Å²) in [6, 6.07) is -0.120. The lowest BCUT2D eigenvalue weighted by molar-refractivity contribution is -0.140. The number of carboxylic acid groups (broad SMARTS) is 1. The van der Waals surface area contributed by atoms with E-state index < -0.39 is 5.97 Å². The SMILES string of the molecule is Cc1nc(CC2CCCC(C(=O)O)N2)sc1C. The normalized spacial score (nSPS) is 24.8. The summed E-state index contributed by atoms with van der Waals surface area (Å²) in [6.45, 7) is 4.09. The smallest absolute Gasteiger partial charge is 0.320 e. The van der Waals surface area contributed by atoms with Crippen molar-refractivity contribution in [2.75, 3.05) is 0 Å². The first-order valence-electron chi connectivity index (χ1n) is 5.98. The molecule has 0 aliphatic carbocycles. The fourth-order valence-corrected chi connectivity index (χ4v) is 3.23. The van der Waals surface area contributed by atoms with Gasteiger partial charge in [-0.2, -0.15) is 0 Å². The van der Waals surface area contributed by atoms with E-state index in [1.54, 1.807) is 11.3 Å². The highest BCUT2D eigenvalue weighted by Crippen LogP contribution is 2.21. The quantitative estimate of drug-likeness (QED) is 0.865. The van der Waals surface area contributed by atoms with Crippen LogP contribution >= 0.6 is 11.3 Å². The Morgan fingerprint density at radius 2 is 2.29 bits per heavy atom. The third-order valence-corrected chi connectivity index (χ3v) is 4.37. The van der Waals surface area contributed by atoms with Crippen molar-refractivity contribution in [3.05, 3.63) is 15.6 Å². The molecular weight excluding hydrogens is 236 g/mol. The van der Waals surface area contributed by atoms with Gasteiger partial charge in [0.25, 0.3) is 0 Å². The average molecular weight is 254 g/mol. The van der Waals surface area contributed by atoms with E-state index in [-0.39, 0.29) is 12.1 Å². The molecule has 1 fully saturated rings. The zero-order chi connectivity index (χ0) is 12.4. The van der Waals surface area contributed by atoms with E-state index in [0.29, 0.717) is 0 Å². The van der Waals surface area contributed by atoms with Crippen molar-refractivity contribution in [3.63, 3.8) is 0 Å². The van der Waals surface area contributed by atoms with Crippen LogP contribution in [0.1, 0.15) is 34.8 Å². The number of piperidine rings is 1. The largest absolute Gasteiger partial charge is 0.480 e. The van der Waals surface area contributed by atoms with Crippen LogP contribution in [0.2, 0.25) is 0 Å². The van der Waals surface area contributed by atoms with Gasteiger partial charge >= 0.3 is 5.97 Å². The number of aryl methyl sites for hydroxylation is 2. The second kappa shape index (κ2) is 5.14. The van der Waals surface area contributed by atoms with E-state index >= 15 is 0 Å². The third kappa shape index (κ3) is 3.04. The second-order valence-corrected chi connectivity index (χ2v) is 5.93. The summed E-state index contributed by atoms with van der Waals surface area (Å²) in [4.78, 5) is 16.7. The first-order chi connectivity index (χ1) is 8.06. The molecular formula is C12H18N2O2S. The summed E-state index contributed by atoms with van der Waals surface area (Å²) >= 11 is 1.72. The Hall–Kier alpha value is -0.940. The zero-order valence-corrected chi connectivity index (χ0v) is 11.0. The van der Waals surface area contributed by atoms with Crippen LogP contribution in [-0.4, -0.2) is 28.1 Å². The average Bonchev–Trinajstić information content (AvgIpc) is 2.58. The van der Waals surface area contributed by atoms with Gasteiger partial charge in [-0.1, -0.05) is 0 Å². The number of carbonyl (C=O) groups is 1. The van der Waals surface area contributed by atoms with Gasteiger partial charge in [-0.3, -0.25) is 4.79 Å². The molecule has 0 amide bonds. The van der Waals surface area contributed by atoms with Gasteiger partial charge in [-0.25, -0.2) is 4.98 Å². The number of rotatable bonds is 3. The van der Waals surface area contributed by atoms with E-state index in [9.17, 15) is 4.79 Å². The predicted octanol–water partition coefficient (Wildman–Crippen LogP) is 1.90. The lowest BCUT2D eigenvalue weighted by Gasteiger charge is -2.27. The van der Waals surface area contributed by atoms with Crippen molar-refractivity contribution in [3.8, 4) is 0 Å². The topological polar surface area (TPSA) is 62.2 Å². The molecule has 2 N–H and O–H groups in total. The Morgan fingerprint density at radius 3 is 2.88 bits per heavy atom. The van der Waals surface area contributed by atoms with Crippen LogP contribution in [0, 0.1) is 13.8 Å². The molecule has 1 aliphatic heterocycles. The minimum absolute atomic E-state index is 0.259. The first-order valence-corrected chi connectivity index (χ1v) is 6.79. The molecule has 5 heteroatoms. The number of nitrogens with zero attached hydrogens (tertiary/aromatic N) is 1. The molecule has 0 saturated carbocycles. The van der Waals surface area contributed by atoms with Gasteiger partial charge in [0.1, 0.15) is 6.04 Å². The molecule has 2 heterocycles. The van der Waals surface area contributed by atoms with E-state index in [2.05, 4.69) is 17.2 Å². The van der Waals surface area contributed by atoms with Crippen molar-refractivity contribution in [1.29, 1.82) is 0 Å². The number of nitrogens with one attached hydrogen (secondary N) is 1. The van der Waals surface area contributed by atoms with Crippen molar-refractivity contribution in [1.82, 2.24) is 10.3 Å². The van der Waals surface area contributed by atoms with Gasteiger partial charge in [0.15, 0.2) is 0 Å². The monoisotopic (exact) mass is 254 g/mol. The highest BCUT2D eigenvalue weighted by atomic mass is 32.1. The van der Waals surface area contributed by atoms with Crippen LogP contribution in [0.3, 0.4) is 0 Å². The second-order valence-electron chi connectivity index (χ2n) is 4.64. The van der Waals surface area contributed by atoms with Crippen LogP contribution in [0.4, 0.5) is 0 Å². The molecule has 0 spiro atoms. The van der Waals surface area contributed by atoms with Crippen LogP contribution in [0.15, 0.2) is 0 Å². The molecule has 4 nitrogen and oxygen atoms in total. The number of aromatic nitrogens is 1. The lowest BCUT2D eigenvalue weighted by atomic mass is 9.97. The van der Waals surface area contributed by atoms with Crippen molar-refractivity contribution in [2.24, 2.45) is 0 Å². The van der Waals surface area contributed by atoms with Crippen LogP contribution in [0.5, 0.6) is 0 Å². The van der Waals surface area contributed by atoms with Crippen LogP contribution < -0.4 is 5.32 Å². The summed E-state index contributed by atoms with van der Waals surface area (Å²) in [5.41, 5.74) is 1.09. The maximum Gasteiger partial charge on any atom is 0.320 e. The molecule has 17 heavy (non-hydrogen) atoms. The summed E-state index contributed by atoms with van der Waals surface area (Å²) in [5.74, 6) is -0.735. The number of hydrogen-bond donors (Lipinski definition) is 2. The zero-order valence-electron chi connectivity index (χ0n) is 10.2. The standard InChI is InChI=1S/C12H18N2O2S/c1-7-8(2)17-11(13-7)6-9-4-3-5-10(14-9)12(15)16/h9-10,14H,3-6H2,1-2H3,(H,15,16). The lowest BCUT2D eigenvalue weighted by Crippen LogP contribution is -2.47. The van der Waals surface area contributed by atoms with Crippen molar-refractivity contribution in [2.45, 2.75) is 51.6 Å². The summed E-state index contributed by atoms with van der Waals surface area (Å²) < 4.78 is 0. The van der Waals surface area contributed by atoms with Gasteiger partial charge in [0, 0.05) is 17.3 Å². The molecule has 1 saturated heterocycles. The molecule has 1 aliphatic rings. The van der Waals surface area contributed by atoms with E-state index in [4.69, 9.17) is 5.11 Å². The highest BCUT2D eigenvalue weighted by Gasteiger charge is 2.26. The molecule has 0 radical (unpaired) electrons. The van der Waals surface area contributed by atoms with E-state index in [1.807, 2.05) is 6.92 Å². The van der Waals surface area contributed by atoms with Gasteiger partial charge in [0.2, 0.25) is 0 Å². The first kappa shape index (κ1) is 12.5. The van der Waals surface area contributed by atoms with E-state index in [0.717, 1.165) is 36.4 Å². The summed E-state index contributed by atoms with van der Waals surface area (Å²) in [5, 5.41) is 13.3. The maximum absolute atomic E-state index is 10.9. The number of thiazole rings is 1. The number of aliphatic carboxylic acids is 1. The van der Waals surface area contributed by atoms with Gasteiger partial charge in [0.05, 0.1) is 10.7 Å². The molecule has 0 aromatic carbocycles. The number of carboxylic acids is 1. The molecule has 1 aromatic heterocycles. The minimum Gasteiger partial charge on any atom is -0.480 e.